The summed E-state index contributed by atoms with van der Waals surface area (Å²) in [5, 5.41) is 4.59. The van der Waals surface area contributed by atoms with Crippen LogP contribution < -0.4 is 16.2 Å². The molecule has 2 aromatic rings. The number of carbonyl (C=O) groups excluding carboxylic acids is 4. The van der Waals surface area contributed by atoms with Crippen LogP contribution in [0.5, 0.6) is 0 Å². The maximum absolute atomic E-state index is 12.2. The van der Waals surface area contributed by atoms with Gasteiger partial charge in [0.05, 0.1) is 13.0 Å². The Balaban J connectivity index is 1.40. The molecule has 8 heteroatoms. The SMILES string of the molecule is O=C(Cc1cccc2ccccc12)NCC(=O)NNC(=O)CN1CCCCCC1=O. The Bertz CT molecular complexity index is 938. The van der Waals surface area contributed by atoms with Gasteiger partial charge in [-0.05, 0) is 29.2 Å². The van der Waals surface area contributed by atoms with Gasteiger partial charge in [0.25, 0.3) is 11.8 Å². The predicted octanol–water partition coefficient (Wildman–Crippen LogP) is 1.05. The van der Waals surface area contributed by atoms with E-state index in [9.17, 15) is 19.2 Å². The third-order valence-electron chi connectivity index (χ3n) is 5.02. The van der Waals surface area contributed by atoms with Gasteiger partial charge in [-0.15, -0.1) is 0 Å². The van der Waals surface area contributed by atoms with Crippen molar-refractivity contribution in [2.24, 2.45) is 0 Å². The summed E-state index contributed by atoms with van der Waals surface area (Å²) >= 11 is 0. The van der Waals surface area contributed by atoms with E-state index in [0.29, 0.717) is 13.0 Å². The minimum Gasteiger partial charge on any atom is -0.347 e. The number of rotatable bonds is 6. The van der Waals surface area contributed by atoms with Crippen LogP contribution in [0.15, 0.2) is 42.5 Å². The fraction of sp³-hybridized carbons (Fsp3) is 0.364. The van der Waals surface area contributed by atoms with Crippen molar-refractivity contribution in [2.45, 2.75) is 32.1 Å². The molecule has 1 fully saturated rings. The van der Waals surface area contributed by atoms with Crippen LogP contribution in [0.1, 0.15) is 31.2 Å². The molecule has 0 radical (unpaired) electrons. The highest BCUT2D eigenvalue weighted by atomic mass is 16.2. The maximum atomic E-state index is 12.2. The number of benzene rings is 2. The summed E-state index contributed by atoms with van der Waals surface area (Å²) < 4.78 is 0. The highest BCUT2D eigenvalue weighted by Crippen LogP contribution is 2.18. The summed E-state index contributed by atoms with van der Waals surface area (Å²) in [7, 11) is 0. The van der Waals surface area contributed by atoms with Crippen molar-refractivity contribution in [3.05, 3.63) is 48.0 Å². The summed E-state index contributed by atoms with van der Waals surface area (Å²) in [6.07, 6.45) is 3.28. The lowest BCUT2D eigenvalue weighted by Gasteiger charge is -2.19. The fourth-order valence-corrected chi connectivity index (χ4v) is 3.46. The van der Waals surface area contributed by atoms with Crippen molar-refractivity contribution in [1.29, 1.82) is 0 Å². The standard InChI is InChI=1S/C22H26N4O4/c27-19(13-17-9-6-8-16-7-3-4-10-18(16)17)23-14-20(28)24-25-21(29)15-26-12-5-1-2-11-22(26)30/h3-4,6-10H,1-2,5,11-15H2,(H,23,27)(H,24,28)(H,25,29). The molecule has 4 amide bonds. The number of amides is 4. The third kappa shape index (κ3) is 6.04. The summed E-state index contributed by atoms with van der Waals surface area (Å²) in [5.41, 5.74) is 5.42. The second-order valence-corrected chi connectivity index (χ2v) is 7.31. The topological polar surface area (TPSA) is 108 Å². The van der Waals surface area contributed by atoms with Gasteiger partial charge in [-0.1, -0.05) is 48.9 Å². The smallest absolute Gasteiger partial charge is 0.257 e. The van der Waals surface area contributed by atoms with E-state index in [4.69, 9.17) is 0 Å². The van der Waals surface area contributed by atoms with E-state index in [1.165, 1.54) is 4.90 Å². The Kier molecular flexibility index (Phi) is 7.37. The Morgan fingerprint density at radius 1 is 0.867 bits per heavy atom. The number of nitrogens with zero attached hydrogens (tertiary/aromatic N) is 1. The van der Waals surface area contributed by atoms with Crippen LogP contribution >= 0.6 is 0 Å². The van der Waals surface area contributed by atoms with E-state index in [0.717, 1.165) is 35.6 Å². The monoisotopic (exact) mass is 410 g/mol. The van der Waals surface area contributed by atoms with Gasteiger partial charge in [0, 0.05) is 13.0 Å². The van der Waals surface area contributed by atoms with Crippen molar-refractivity contribution >= 4 is 34.4 Å². The number of nitrogens with one attached hydrogen (secondary N) is 3. The summed E-state index contributed by atoms with van der Waals surface area (Å²) in [6, 6.07) is 13.5. The van der Waals surface area contributed by atoms with Gasteiger partial charge in [-0.2, -0.15) is 0 Å². The molecule has 0 spiro atoms. The van der Waals surface area contributed by atoms with Crippen LogP contribution in [-0.4, -0.2) is 48.2 Å². The lowest BCUT2D eigenvalue weighted by molar-refractivity contribution is -0.136. The Morgan fingerprint density at radius 2 is 1.63 bits per heavy atom. The van der Waals surface area contributed by atoms with Crippen LogP contribution in [0, 0.1) is 0 Å². The van der Waals surface area contributed by atoms with E-state index in [1.807, 2.05) is 42.5 Å². The highest BCUT2D eigenvalue weighted by Gasteiger charge is 2.19. The van der Waals surface area contributed by atoms with Crippen LogP contribution in [0.2, 0.25) is 0 Å². The van der Waals surface area contributed by atoms with Crippen LogP contribution in [0.4, 0.5) is 0 Å². The molecule has 0 atom stereocenters. The van der Waals surface area contributed by atoms with E-state index in [2.05, 4.69) is 16.2 Å². The zero-order valence-electron chi connectivity index (χ0n) is 16.8. The molecule has 1 saturated heterocycles. The van der Waals surface area contributed by atoms with Crippen LogP contribution in [0.3, 0.4) is 0 Å². The van der Waals surface area contributed by atoms with Gasteiger partial charge < -0.3 is 10.2 Å². The molecule has 1 heterocycles. The molecule has 3 rings (SSSR count). The largest absolute Gasteiger partial charge is 0.347 e. The number of hydrogen-bond donors (Lipinski definition) is 3. The van der Waals surface area contributed by atoms with Crippen molar-refractivity contribution in [3.63, 3.8) is 0 Å². The third-order valence-corrected chi connectivity index (χ3v) is 5.02. The lowest BCUT2D eigenvalue weighted by atomic mass is 10.0. The van der Waals surface area contributed by atoms with Gasteiger partial charge in [0.15, 0.2) is 0 Å². The van der Waals surface area contributed by atoms with Crippen LogP contribution in [0.25, 0.3) is 10.8 Å². The molecular formula is C22H26N4O4. The van der Waals surface area contributed by atoms with Crippen molar-refractivity contribution in [3.8, 4) is 0 Å². The molecule has 0 saturated carbocycles. The van der Waals surface area contributed by atoms with E-state index in [-0.39, 0.29) is 31.3 Å². The van der Waals surface area contributed by atoms with Gasteiger partial charge in [-0.3, -0.25) is 30.0 Å². The minimum absolute atomic E-state index is 0.0466. The summed E-state index contributed by atoms with van der Waals surface area (Å²) in [5.74, 6) is -1.35. The van der Waals surface area contributed by atoms with E-state index < -0.39 is 11.8 Å². The molecule has 1 aliphatic heterocycles. The normalized spacial score (nSPS) is 14.1. The number of carbonyl (C=O) groups is 4. The molecule has 1 aliphatic rings. The lowest BCUT2D eigenvalue weighted by Crippen LogP contribution is -2.50. The molecule has 0 aromatic heterocycles. The molecule has 3 N–H and O–H groups in total. The molecule has 158 valence electrons. The molecule has 30 heavy (non-hydrogen) atoms. The van der Waals surface area contributed by atoms with Crippen molar-refractivity contribution < 1.29 is 19.2 Å². The average Bonchev–Trinajstić information content (AvgIpc) is 2.95. The van der Waals surface area contributed by atoms with Gasteiger partial charge >= 0.3 is 0 Å². The summed E-state index contributed by atoms with van der Waals surface area (Å²) in [6.45, 7) is 0.198. The fourth-order valence-electron chi connectivity index (χ4n) is 3.46. The number of hydrogen-bond acceptors (Lipinski definition) is 4. The molecular weight excluding hydrogens is 384 g/mol. The zero-order chi connectivity index (χ0) is 21.3. The second-order valence-electron chi connectivity index (χ2n) is 7.31. The number of fused-ring (bicyclic) bond motifs is 1. The average molecular weight is 410 g/mol. The Hall–Kier alpha value is -3.42. The number of hydrazine groups is 1. The van der Waals surface area contributed by atoms with Crippen molar-refractivity contribution in [2.75, 3.05) is 19.6 Å². The first-order valence-electron chi connectivity index (χ1n) is 10.1. The first kappa shape index (κ1) is 21.3. The molecule has 0 aliphatic carbocycles. The van der Waals surface area contributed by atoms with Gasteiger partial charge in [-0.25, -0.2) is 0 Å². The molecule has 0 bridgehead atoms. The molecule has 2 aromatic carbocycles. The quantitative estimate of drug-likeness (QED) is 0.619. The molecule has 0 unspecified atom stereocenters. The maximum Gasteiger partial charge on any atom is 0.257 e. The Morgan fingerprint density at radius 3 is 2.50 bits per heavy atom. The molecule has 8 nitrogen and oxygen atoms in total. The Labute approximate surface area is 175 Å². The van der Waals surface area contributed by atoms with Crippen molar-refractivity contribution in [1.82, 2.24) is 21.1 Å². The van der Waals surface area contributed by atoms with Crippen LogP contribution in [-0.2, 0) is 25.6 Å². The zero-order valence-corrected chi connectivity index (χ0v) is 16.8. The predicted molar refractivity (Wildman–Crippen MR) is 112 cm³/mol. The van der Waals surface area contributed by atoms with Gasteiger partial charge in [0.1, 0.15) is 6.54 Å². The first-order chi connectivity index (χ1) is 14.5. The van der Waals surface area contributed by atoms with E-state index in [1.54, 1.807) is 0 Å². The summed E-state index contributed by atoms with van der Waals surface area (Å²) in [4.78, 5) is 49.5. The minimum atomic E-state index is -0.545. The highest BCUT2D eigenvalue weighted by molar-refractivity contribution is 5.92. The van der Waals surface area contributed by atoms with E-state index >= 15 is 0 Å². The number of likely N-dealkylation sites (tertiary alicyclic amines) is 1. The second kappa shape index (κ2) is 10.4. The first-order valence-corrected chi connectivity index (χ1v) is 10.1. The van der Waals surface area contributed by atoms with Gasteiger partial charge in [0.2, 0.25) is 11.8 Å².